The van der Waals surface area contributed by atoms with E-state index in [1.807, 2.05) is 0 Å². The first-order valence-electron chi connectivity index (χ1n) is 9.47. The second-order valence-electron chi connectivity index (χ2n) is 7.18. The van der Waals surface area contributed by atoms with Crippen molar-refractivity contribution in [2.75, 3.05) is 10.3 Å². The van der Waals surface area contributed by atoms with Gasteiger partial charge in [0.1, 0.15) is 0 Å². The molecule has 170 valence electrons. The molecule has 2 N–H and O–H groups in total. The maximum Gasteiger partial charge on any atom is 0.332 e. The summed E-state index contributed by atoms with van der Waals surface area (Å²) in [7, 11) is 4.42. The van der Waals surface area contributed by atoms with Crippen LogP contribution < -0.4 is 26.9 Å². The molecule has 1 fully saturated rings. The number of halogens is 1. The molecule has 0 radical (unpaired) electrons. The first-order valence-corrected chi connectivity index (χ1v) is 10.3. The van der Waals surface area contributed by atoms with Gasteiger partial charge >= 0.3 is 5.69 Å². The zero-order valence-corrected chi connectivity index (χ0v) is 19.1. The molecule has 4 rings (SSSR count). The molecular formula is C19H17ClN8O4S. The van der Waals surface area contributed by atoms with E-state index in [-0.39, 0.29) is 22.2 Å². The fraction of sp³-hybridized carbons (Fsp3) is 0.211. The number of hydrazone groups is 1. The second kappa shape index (κ2) is 8.26. The fourth-order valence-electron chi connectivity index (χ4n) is 3.34. The van der Waals surface area contributed by atoms with Crippen molar-refractivity contribution in [2.45, 2.75) is 0 Å². The van der Waals surface area contributed by atoms with E-state index in [0.29, 0.717) is 10.7 Å². The number of anilines is 2. The van der Waals surface area contributed by atoms with Crippen LogP contribution in [0.4, 0.5) is 11.6 Å². The lowest BCUT2D eigenvalue weighted by atomic mass is 10.1. The van der Waals surface area contributed by atoms with Crippen LogP contribution in [0, 0.1) is 5.92 Å². The number of amides is 2. The van der Waals surface area contributed by atoms with Gasteiger partial charge in [-0.1, -0.05) is 11.6 Å². The van der Waals surface area contributed by atoms with Crippen LogP contribution in [0.25, 0.3) is 11.2 Å². The molecule has 33 heavy (non-hydrogen) atoms. The molecule has 3 aromatic rings. The number of rotatable bonds is 4. The first kappa shape index (κ1) is 22.4. The van der Waals surface area contributed by atoms with Crippen molar-refractivity contribution in [2.24, 2.45) is 32.2 Å². The van der Waals surface area contributed by atoms with Crippen molar-refractivity contribution < 1.29 is 9.59 Å². The van der Waals surface area contributed by atoms with Crippen molar-refractivity contribution in [1.82, 2.24) is 24.0 Å². The fourth-order valence-corrected chi connectivity index (χ4v) is 3.77. The maximum absolute atomic E-state index is 13.0. The second-order valence-corrected chi connectivity index (χ2v) is 8.01. The Bertz CT molecular complexity index is 1470. The lowest BCUT2D eigenvalue weighted by molar-refractivity contribution is -0.130. The monoisotopic (exact) mass is 488 g/mol. The zero-order valence-electron chi connectivity index (χ0n) is 17.6. The van der Waals surface area contributed by atoms with Crippen LogP contribution in [0.15, 0.2) is 39.0 Å². The number of imidazole rings is 1. The van der Waals surface area contributed by atoms with Gasteiger partial charge in [-0.05, 0) is 36.5 Å². The number of fused-ring (bicyclic) bond motifs is 1. The summed E-state index contributed by atoms with van der Waals surface area (Å²) in [6, 6.07) is 6.38. The molecule has 14 heteroatoms. The Morgan fingerprint density at radius 3 is 2.42 bits per heavy atom. The summed E-state index contributed by atoms with van der Waals surface area (Å²) >= 11 is 11.0. The molecular weight excluding hydrogens is 472 g/mol. The van der Waals surface area contributed by atoms with Gasteiger partial charge in [0, 0.05) is 32.4 Å². The molecule has 0 bridgehead atoms. The third-order valence-electron chi connectivity index (χ3n) is 5.15. The highest BCUT2D eigenvalue weighted by molar-refractivity contribution is 7.80. The third-order valence-corrected chi connectivity index (χ3v) is 5.69. The highest BCUT2D eigenvalue weighted by atomic mass is 35.5. The standard InChI is InChI=1S/C19H17ClN8O4S/c1-25-12-13(26(2)19(32)27(3)16(12)31)22-17(25)24-21-8-11-14(29)23-18(33)28(15(11)30)10-6-4-9(20)5-7-10/h4-8,11H,1-3H3,(H,22,24)(H,23,29,33). The molecule has 12 nitrogen and oxygen atoms in total. The minimum absolute atomic E-state index is 0.0583. The van der Waals surface area contributed by atoms with Gasteiger partial charge in [-0.2, -0.15) is 10.1 Å². The SMILES string of the molecule is Cn1c(=O)c2c(nc(NN=CC3C(=O)NC(=S)N(c4ccc(Cl)cc4)C3=O)n2C)n(C)c1=O. The molecule has 0 aliphatic carbocycles. The Kier molecular flexibility index (Phi) is 5.59. The van der Waals surface area contributed by atoms with Crippen molar-refractivity contribution in [1.29, 1.82) is 0 Å². The predicted molar refractivity (Wildman–Crippen MR) is 126 cm³/mol. The Balaban J connectivity index is 1.62. The van der Waals surface area contributed by atoms with Crippen LogP contribution in [0.3, 0.4) is 0 Å². The Morgan fingerprint density at radius 1 is 1.09 bits per heavy atom. The minimum atomic E-state index is -1.27. The van der Waals surface area contributed by atoms with Crippen LogP contribution in [-0.2, 0) is 30.7 Å². The zero-order chi connectivity index (χ0) is 24.0. The molecule has 0 saturated carbocycles. The van der Waals surface area contributed by atoms with E-state index in [1.54, 1.807) is 31.3 Å². The molecule has 0 spiro atoms. The summed E-state index contributed by atoms with van der Waals surface area (Å²) in [5.41, 5.74) is 2.35. The Morgan fingerprint density at radius 2 is 1.76 bits per heavy atom. The Hall–Kier alpha value is -3.84. The number of aryl methyl sites for hydroxylation is 2. The van der Waals surface area contributed by atoms with E-state index in [1.165, 1.54) is 28.1 Å². The molecule has 1 unspecified atom stereocenters. The summed E-state index contributed by atoms with van der Waals surface area (Å²) in [4.78, 5) is 55.4. The highest BCUT2D eigenvalue weighted by Crippen LogP contribution is 2.22. The summed E-state index contributed by atoms with van der Waals surface area (Å²) in [5.74, 6) is -2.37. The minimum Gasteiger partial charge on any atom is -0.306 e. The molecule has 3 heterocycles. The highest BCUT2D eigenvalue weighted by Gasteiger charge is 2.38. The van der Waals surface area contributed by atoms with Crippen LogP contribution in [0.1, 0.15) is 0 Å². The van der Waals surface area contributed by atoms with Crippen LogP contribution in [0.2, 0.25) is 5.02 Å². The molecule has 2 aromatic heterocycles. The number of thiocarbonyl (C=S) groups is 1. The van der Waals surface area contributed by atoms with E-state index in [0.717, 1.165) is 10.8 Å². The number of aromatic nitrogens is 4. The molecule has 2 amide bonds. The summed E-state index contributed by atoms with van der Waals surface area (Å²) in [6.07, 6.45) is 1.11. The largest absolute Gasteiger partial charge is 0.332 e. The van der Waals surface area contributed by atoms with E-state index in [9.17, 15) is 19.2 Å². The first-order chi connectivity index (χ1) is 15.6. The molecule has 1 aliphatic heterocycles. The van der Waals surface area contributed by atoms with E-state index in [4.69, 9.17) is 23.8 Å². The third kappa shape index (κ3) is 3.70. The summed E-state index contributed by atoms with van der Waals surface area (Å²) < 4.78 is 3.62. The number of nitrogens with zero attached hydrogens (tertiary/aromatic N) is 6. The lowest BCUT2D eigenvalue weighted by Crippen LogP contribution is -2.58. The van der Waals surface area contributed by atoms with Gasteiger partial charge in [0.25, 0.3) is 11.5 Å². The van der Waals surface area contributed by atoms with Gasteiger partial charge in [-0.25, -0.2) is 10.2 Å². The van der Waals surface area contributed by atoms with Gasteiger partial charge in [-0.15, -0.1) is 0 Å². The number of hydrogen-bond donors (Lipinski definition) is 2. The molecule has 1 saturated heterocycles. The molecule has 1 aliphatic rings. The average Bonchev–Trinajstić information content (AvgIpc) is 3.10. The lowest BCUT2D eigenvalue weighted by Gasteiger charge is -2.30. The van der Waals surface area contributed by atoms with E-state index >= 15 is 0 Å². The topological polar surface area (TPSA) is 136 Å². The van der Waals surface area contributed by atoms with Crippen molar-refractivity contribution in [3.63, 3.8) is 0 Å². The summed E-state index contributed by atoms with van der Waals surface area (Å²) in [6.45, 7) is 0. The van der Waals surface area contributed by atoms with Gasteiger partial charge in [0.15, 0.2) is 22.2 Å². The van der Waals surface area contributed by atoms with Crippen molar-refractivity contribution >= 4 is 69.8 Å². The van der Waals surface area contributed by atoms with Crippen LogP contribution in [-0.4, -0.2) is 41.8 Å². The number of benzene rings is 1. The van der Waals surface area contributed by atoms with Gasteiger partial charge in [0.2, 0.25) is 11.9 Å². The van der Waals surface area contributed by atoms with Crippen LogP contribution in [0.5, 0.6) is 0 Å². The smallest absolute Gasteiger partial charge is 0.306 e. The van der Waals surface area contributed by atoms with Gasteiger partial charge in [0.05, 0.1) is 5.69 Å². The molecule has 1 atom stereocenters. The van der Waals surface area contributed by atoms with Crippen molar-refractivity contribution in [3.05, 3.63) is 50.1 Å². The number of hydrogen-bond acceptors (Lipinski definition) is 8. The number of carbonyl (C=O) groups excluding carboxylic acids is 2. The predicted octanol–water partition coefficient (Wildman–Crippen LogP) is 0.0859. The number of carbonyl (C=O) groups is 2. The number of nitrogens with one attached hydrogen (secondary N) is 2. The average molecular weight is 489 g/mol. The quantitative estimate of drug-likeness (QED) is 0.230. The van der Waals surface area contributed by atoms with E-state index in [2.05, 4.69) is 20.8 Å². The van der Waals surface area contributed by atoms with Crippen molar-refractivity contribution in [3.8, 4) is 0 Å². The summed E-state index contributed by atoms with van der Waals surface area (Å²) in [5, 5.41) is 6.86. The van der Waals surface area contributed by atoms with Gasteiger partial charge < -0.3 is 9.88 Å². The van der Waals surface area contributed by atoms with Crippen LogP contribution >= 0.6 is 23.8 Å². The van der Waals surface area contributed by atoms with E-state index < -0.39 is 29.0 Å². The maximum atomic E-state index is 13.0. The normalized spacial score (nSPS) is 16.7. The molecule has 1 aromatic carbocycles. The Labute approximate surface area is 196 Å². The van der Waals surface area contributed by atoms with Gasteiger partial charge in [-0.3, -0.25) is 28.4 Å².